The summed E-state index contributed by atoms with van der Waals surface area (Å²) in [6.07, 6.45) is 2.21. The number of piperidine rings is 1. The van der Waals surface area contributed by atoms with Crippen LogP contribution in [0.25, 0.3) is 0 Å². The van der Waals surface area contributed by atoms with Crippen LogP contribution >= 0.6 is 23.2 Å². The number of likely N-dealkylation sites (tertiary alicyclic amines) is 1. The van der Waals surface area contributed by atoms with Crippen LogP contribution < -0.4 is 11.1 Å². The normalized spacial score (nSPS) is 18.3. The highest BCUT2D eigenvalue weighted by atomic mass is 35.5. The molecule has 0 radical (unpaired) electrons. The maximum atomic E-state index is 6.15. The summed E-state index contributed by atoms with van der Waals surface area (Å²) in [6, 6.07) is 3.89. The number of hydrogen-bond donors (Lipinski definition) is 2. The molecule has 0 aliphatic carbocycles. The maximum Gasteiger partial charge on any atom is 0.0722 e. The van der Waals surface area contributed by atoms with Gasteiger partial charge >= 0.3 is 0 Å². The standard InChI is InChI=1S/C12H17Cl2N3/c1-17-4-2-9(3-5-17)16-12-10(13)6-8(15)7-11(12)14/h6-7,9,16H,2-5,15H2,1H3. The molecule has 1 aliphatic rings. The molecule has 0 atom stereocenters. The lowest BCUT2D eigenvalue weighted by atomic mass is 10.1. The molecule has 3 nitrogen and oxygen atoms in total. The molecule has 2 rings (SSSR count). The van der Waals surface area contributed by atoms with Crippen molar-refractivity contribution in [2.24, 2.45) is 0 Å². The molecule has 17 heavy (non-hydrogen) atoms. The number of hydrogen-bond acceptors (Lipinski definition) is 3. The Morgan fingerprint density at radius 1 is 1.24 bits per heavy atom. The second kappa shape index (κ2) is 5.34. The smallest absolute Gasteiger partial charge is 0.0722 e. The number of nitrogen functional groups attached to an aromatic ring is 1. The van der Waals surface area contributed by atoms with Gasteiger partial charge in [0.25, 0.3) is 0 Å². The number of nitrogens with one attached hydrogen (secondary N) is 1. The Bertz CT molecular complexity index is 378. The second-order valence-electron chi connectivity index (χ2n) is 4.58. The zero-order valence-electron chi connectivity index (χ0n) is 9.84. The molecule has 0 spiro atoms. The van der Waals surface area contributed by atoms with Crippen molar-refractivity contribution in [3.05, 3.63) is 22.2 Å². The Kier molecular flexibility index (Phi) is 4.02. The molecule has 1 aliphatic heterocycles. The van der Waals surface area contributed by atoms with E-state index in [4.69, 9.17) is 28.9 Å². The molecule has 3 N–H and O–H groups in total. The van der Waals surface area contributed by atoms with Crippen LogP contribution in [-0.4, -0.2) is 31.1 Å². The first kappa shape index (κ1) is 12.8. The van der Waals surface area contributed by atoms with Crippen LogP contribution in [0.4, 0.5) is 11.4 Å². The van der Waals surface area contributed by atoms with Crippen LogP contribution in [0.3, 0.4) is 0 Å². The Balaban J connectivity index is 2.08. The predicted octanol–water partition coefficient (Wildman–Crippen LogP) is 3.08. The van der Waals surface area contributed by atoms with Gasteiger partial charge in [-0.25, -0.2) is 0 Å². The van der Waals surface area contributed by atoms with Crippen LogP contribution in [0, 0.1) is 0 Å². The maximum absolute atomic E-state index is 6.15. The highest BCUT2D eigenvalue weighted by Crippen LogP contribution is 2.34. The van der Waals surface area contributed by atoms with Crippen molar-refractivity contribution in [1.29, 1.82) is 0 Å². The van der Waals surface area contributed by atoms with Crippen LogP contribution in [0.2, 0.25) is 10.0 Å². The largest absolute Gasteiger partial charge is 0.399 e. The molecule has 94 valence electrons. The zero-order chi connectivity index (χ0) is 12.4. The molecule has 0 unspecified atom stereocenters. The molecule has 0 aromatic heterocycles. The molecule has 1 heterocycles. The van der Waals surface area contributed by atoms with Gasteiger partial charge in [0.05, 0.1) is 15.7 Å². The first-order valence-electron chi connectivity index (χ1n) is 5.76. The number of rotatable bonds is 2. The van der Waals surface area contributed by atoms with E-state index in [2.05, 4.69) is 17.3 Å². The van der Waals surface area contributed by atoms with E-state index in [1.54, 1.807) is 12.1 Å². The van der Waals surface area contributed by atoms with Crippen molar-refractivity contribution in [2.75, 3.05) is 31.2 Å². The summed E-state index contributed by atoms with van der Waals surface area (Å²) in [5.41, 5.74) is 7.07. The average Bonchev–Trinajstić information content (AvgIpc) is 2.26. The van der Waals surface area contributed by atoms with E-state index in [0.717, 1.165) is 31.6 Å². The zero-order valence-corrected chi connectivity index (χ0v) is 11.4. The van der Waals surface area contributed by atoms with Gasteiger partial charge in [0, 0.05) is 11.7 Å². The minimum absolute atomic E-state index is 0.435. The number of benzene rings is 1. The molecule has 0 saturated carbocycles. The van der Waals surface area contributed by atoms with E-state index >= 15 is 0 Å². The average molecular weight is 274 g/mol. The van der Waals surface area contributed by atoms with Gasteiger partial charge in [-0.05, 0) is 45.1 Å². The fourth-order valence-electron chi connectivity index (χ4n) is 2.09. The Labute approximate surface area is 112 Å². The van der Waals surface area contributed by atoms with Gasteiger partial charge in [0.15, 0.2) is 0 Å². The molecule has 1 fully saturated rings. The van der Waals surface area contributed by atoms with E-state index in [0.29, 0.717) is 21.8 Å². The summed E-state index contributed by atoms with van der Waals surface area (Å²) in [5, 5.41) is 4.60. The molecular formula is C12H17Cl2N3. The summed E-state index contributed by atoms with van der Waals surface area (Å²) in [5.74, 6) is 0. The summed E-state index contributed by atoms with van der Waals surface area (Å²) >= 11 is 12.3. The predicted molar refractivity (Wildman–Crippen MR) is 75.0 cm³/mol. The topological polar surface area (TPSA) is 41.3 Å². The Hall–Kier alpha value is -0.640. The van der Waals surface area contributed by atoms with Crippen molar-refractivity contribution >= 4 is 34.6 Å². The quantitative estimate of drug-likeness (QED) is 0.814. The summed E-state index contributed by atoms with van der Waals surface area (Å²) < 4.78 is 0. The minimum Gasteiger partial charge on any atom is -0.399 e. The lowest BCUT2D eigenvalue weighted by Crippen LogP contribution is -2.36. The third-order valence-corrected chi connectivity index (χ3v) is 3.73. The van der Waals surface area contributed by atoms with Crippen LogP contribution in [-0.2, 0) is 0 Å². The van der Waals surface area contributed by atoms with Crippen molar-refractivity contribution < 1.29 is 0 Å². The molecule has 0 amide bonds. The van der Waals surface area contributed by atoms with Crippen LogP contribution in [0.15, 0.2) is 12.1 Å². The van der Waals surface area contributed by atoms with Crippen molar-refractivity contribution in [2.45, 2.75) is 18.9 Å². The van der Waals surface area contributed by atoms with E-state index in [1.807, 2.05) is 0 Å². The highest BCUT2D eigenvalue weighted by Gasteiger charge is 2.18. The molecule has 1 aromatic rings. The third kappa shape index (κ3) is 3.18. The molecular weight excluding hydrogens is 257 g/mol. The van der Waals surface area contributed by atoms with E-state index in [1.165, 1.54) is 0 Å². The molecule has 1 saturated heterocycles. The van der Waals surface area contributed by atoms with Gasteiger partial charge in [-0.3, -0.25) is 0 Å². The SMILES string of the molecule is CN1CCC(Nc2c(Cl)cc(N)cc2Cl)CC1. The van der Waals surface area contributed by atoms with E-state index < -0.39 is 0 Å². The van der Waals surface area contributed by atoms with Crippen molar-refractivity contribution in [3.8, 4) is 0 Å². The number of anilines is 2. The molecule has 1 aromatic carbocycles. The first-order chi connectivity index (χ1) is 8.06. The summed E-state index contributed by atoms with van der Waals surface area (Å²) in [6.45, 7) is 2.20. The fraction of sp³-hybridized carbons (Fsp3) is 0.500. The Morgan fingerprint density at radius 2 is 1.76 bits per heavy atom. The van der Waals surface area contributed by atoms with Gasteiger partial charge in [0.2, 0.25) is 0 Å². The third-order valence-electron chi connectivity index (χ3n) is 3.13. The van der Waals surface area contributed by atoms with Gasteiger partial charge in [-0.15, -0.1) is 0 Å². The van der Waals surface area contributed by atoms with Crippen molar-refractivity contribution in [3.63, 3.8) is 0 Å². The van der Waals surface area contributed by atoms with Crippen LogP contribution in [0.5, 0.6) is 0 Å². The highest BCUT2D eigenvalue weighted by molar-refractivity contribution is 6.39. The summed E-state index contributed by atoms with van der Waals surface area (Å²) in [4.78, 5) is 2.32. The lowest BCUT2D eigenvalue weighted by molar-refractivity contribution is 0.264. The summed E-state index contributed by atoms with van der Waals surface area (Å²) in [7, 11) is 2.14. The Morgan fingerprint density at radius 3 is 2.29 bits per heavy atom. The number of nitrogens with two attached hydrogens (primary N) is 1. The van der Waals surface area contributed by atoms with Crippen LogP contribution in [0.1, 0.15) is 12.8 Å². The van der Waals surface area contributed by atoms with Gasteiger partial charge in [-0.1, -0.05) is 23.2 Å². The van der Waals surface area contributed by atoms with E-state index in [-0.39, 0.29) is 0 Å². The first-order valence-corrected chi connectivity index (χ1v) is 6.51. The van der Waals surface area contributed by atoms with Gasteiger partial charge < -0.3 is 16.0 Å². The lowest BCUT2D eigenvalue weighted by Gasteiger charge is -2.30. The molecule has 5 heteroatoms. The monoisotopic (exact) mass is 273 g/mol. The van der Waals surface area contributed by atoms with E-state index in [9.17, 15) is 0 Å². The minimum atomic E-state index is 0.435. The second-order valence-corrected chi connectivity index (χ2v) is 5.40. The van der Waals surface area contributed by atoms with Gasteiger partial charge in [0.1, 0.15) is 0 Å². The van der Waals surface area contributed by atoms with Gasteiger partial charge in [-0.2, -0.15) is 0 Å². The molecule has 0 bridgehead atoms. The fourth-order valence-corrected chi connectivity index (χ4v) is 2.70. The van der Waals surface area contributed by atoms with Crippen molar-refractivity contribution in [1.82, 2.24) is 4.90 Å². The number of nitrogens with zero attached hydrogens (tertiary/aromatic N) is 1. The number of halogens is 2.